The minimum absolute atomic E-state index is 0.0202. The number of aromatic nitrogens is 2. The van der Waals surface area contributed by atoms with Crippen LogP contribution in [-0.2, 0) is 0 Å². The van der Waals surface area contributed by atoms with Gasteiger partial charge in [0.2, 0.25) is 0 Å². The Morgan fingerprint density at radius 2 is 1.61 bits per heavy atom. The van der Waals surface area contributed by atoms with Crippen LogP contribution >= 0.6 is 0 Å². The highest BCUT2D eigenvalue weighted by molar-refractivity contribution is 6.07. The van der Waals surface area contributed by atoms with Gasteiger partial charge in [-0.1, -0.05) is 18.2 Å². The van der Waals surface area contributed by atoms with Crippen molar-refractivity contribution in [2.75, 3.05) is 6.54 Å². The van der Waals surface area contributed by atoms with E-state index in [2.05, 4.69) is 9.97 Å². The maximum absolute atomic E-state index is 11.8. The molecule has 0 bridgehead atoms. The van der Waals surface area contributed by atoms with E-state index in [-0.39, 0.29) is 12.3 Å². The van der Waals surface area contributed by atoms with Crippen LogP contribution in [0.25, 0.3) is 22.1 Å². The van der Waals surface area contributed by atoms with E-state index in [1.54, 1.807) is 12.1 Å². The first-order chi connectivity index (χ1) is 8.79. The van der Waals surface area contributed by atoms with Gasteiger partial charge >= 0.3 is 0 Å². The standard InChI is InChI=1S/C14H11N3O/c15-8-13(18)9-4-3-7-12-14(9)17-11-6-2-1-5-10(11)16-12/h1-7H,8,15H2. The first-order valence-electron chi connectivity index (χ1n) is 5.68. The number of para-hydroxylation sites is 3. The molecule has 0 atom stereocenters. The van der Waals surface area contributed by atoms with Crippen LogP contribution in [0.1, 0.15) is 10.4 Å². The lowest BCUT2D eigenvalue weighted by atomic mass is 10.1. The quantitative estimate of drug-likeness (QED) is 0.546. The Kier molecular flexibility index (Phi) is 2.50. The summed E-state index contributed by atoms with van der Waals surface area (Å²) >= 11 is 0. The molecular formula is C14H11N3O. The van der Waals surface area contributed by atoms with Crippen molar-refractivity contribution in [3.05, 3.63) is 48.0 Å². The van der Waals surface area contributed by atoms with Gasteiger partial charge in [-0.3, -0.25) is 4.79 Å². The van der Waals surface area contributed by atoms with Gasteiger partial charge in [0.25, 0.3) is 0 Å². The third-order valence-corrected chi connectivity index (χ3v) is 2.86. The van der Waals surface area contributed by atoms with E-state index in [1.807, 2.05) is 30.3 Å². The average Bonchev–Trinajstić information content (AvgIpc) is 2.43. The molecule has 2 N–H and O–H groups in total. The van der Waals surface area contributed by atoms with Crippen LogP contribution < -0.4 is 5.73 Å². The van der Waals surface area contributed by atoms with Crippen LogP contribution in [-0.4, -0.2) is 22.3 Å². The van der Waals surface area contributed by atoms with E-state index >= 15 is 0 Å². The van der Waals surface area contributed by atoms with Gasteiger partial charge in [0.15, 0.2) is 5.78 Å². The van der Waals surface area contributed by atoms with Crippen molar-refractivity contribution in [2.45, 2.75) is 0 Å². The summed E-state index contributed by atoms with van der Waals surface area (Å²) in [6, 6.07) is 13.0. The Morgan fingerprint density at radius 3 is 2.33 bits per heavy atom. The number of benzene rings is 2. The Labute approximate surface area is 103 Å². The fourth-order valence-electron chi connectivity index (χ4n) is 1.98. The average molecular weight is 237 g/mol. The van der Waals surface area contributed by atoms with E-state index in [4.69, 9.17) is 5.73 Å². The van der Waals surface area contributed by atoms with Gasteiger partial charge in [-0.05, 0) is 24.3 Å². The minimum Gasteiger partial charge on any atom is -0.324 e. The van der Waals surface area contributed by atoms with Gasteiger partial charge < -0.3 is 5.73 Å². The third kappa shape index (κ3) is 1.63. The summed E-state index contributed by atoms with van der Waals surface area (Å²) in [5.74, 6) is -0.120. The molecular weight excluding hydrogens is 226 g/mol. The molecule has 0 aliphatic heterocycles. The molecule has 0 unspecified atom stereocenters. The van der Waals surface area contributed by atoms with E-state index in [0.29, 0.717) is 16.6 Å². The maximum Gasteiger partial charge on any atom is 0.178 e. The number of hydrogen-bond donors (Lipinski definition) is 1. The summed E-state index contributed by atoms with van der Waals surface area (Å²) in [5.41, 5.74) is 8.88. The van der Waals surface area contributed by atoms with Crippen LogP contribution in [0.5, 0.6) is 0 Å². The lowest BCUT2D eigenvalue weighted by molar-refractivity contribution is 0.100. The lowest BCUT2D eigenvalue weighted by Crippen LogP contribution is -2.14. The topological polar surface area (TPSA) is 68.9 Å². The largest absolute Gasteiger partial charge is 0.324 e. The smallest absolute Gasteiger partial charge is 0.178 e. The van der Waals surface area contributed by atoms with E-state index in [0.717, 1.165) is 11.0 Å². The van der Waals surface area contributed by atoms with Crippen molar-refractivity contribution >= 4 is 27.9 Å². The molecule has 0 spiro atoms. The van der Waals surface area contributed by atoms with Crippen LogP contribution in [0.4, 0.5) is 0 Å². The molecule has 4 nitrogen and oxygen atoms in total. The number of fused-ring (bicyclic) bond motifs is 2. The zero-order chi connectivity index (χ0) is 12.5. The number of hydrogen-bond acceptors (Lipinski definition) is 4. The number of nitrogens with two attached hydrogens (primary N) is 1. The second kappa shape index (κ2) is 4.16. The van der Waals surface area contributed by atoms with Crippen molar-refractivity contribution in [1.82, 2.24) is 9.97 Å². The Bertz CT molecular complexity index is 752. The predicted octanol–water partition coefficient (Wildman–Crippen LogP) is 1.92. The van der Waals surface area contributed by atoms with Crippen LogP contribution in [0, 0.1) is 0 Å². The predicted molar refractivity (Wildman–Crippen MR) is 70.4 cm³/mol. The van der Waals surface area contributed by atoms with Crippen LogP contribution in [0.2, 0.25) is 0 Å². The van der Waals surface area contributed by atoms with E-state index in [9.17, 15) is 4.79 Å². The van der Waals surface area contributed by atoms with Gasteiger partial charge in [-0.15, -0.1) is 0 Å². The first kappa shape index (κ1) is 10.8. The van der Waals surface area contributed by atoms with Gasteiger partial charge in [0.1, 0.15) is 5.52 Å². The van der Waals surface area contributed by atoms with E-state index < -0.39 is 0 Å². The lowest BCUT2D eigenvalue weighted by Gasteiger charge is -2.04. The second-order valence-electron chi connectivity index (χ2n) is 4.01. The molecule has 0 saturated heterocycles. The maximum atomic E-state index is 11.8. The zero-order valence-corrected chi connectivity index (χ0v) is 9.63. The highest BCUT2D eigenvalue weighted by atomic mass is 16.1. The highest BCUT2D eigenvalue weighted by Gasteiger charge is 2.11. The van der Waals surface area contributed by atoms with Gasteiger partial charge in [-0.25, -0.2) is 9.97 Å². The SMILES string of the molecule is NCC(=O)c1cccc2nc3ccccc3nc12. The molecule has 4 heteroatoms. The fraction of sp³-hybridized carbons (Fsp3) is 0.0714. The molecule has 0 fully saturated rings. The normalized spacial score (nSPS) is 10.9. The molecule has 88 valence electrons. The number of carbonyl (C=O) groups excluding carboxylic acids is 1. The Balaban J connectivity index is 2.39. The second-order valence-corrected chi connectivity index (χ2v) is 4.01. The molecule has 1 aromatic heterocycles. The molecule has 0 aliphatic rings. The van der Waals surface area contributed by atoms with Crippen molar-refractivity contribution < 1.29 is 4.79 Å². The highest BCUT2D eigenvalue weighted by Crippen LogP contribution is 2.19. The molecule has 0 amide bonds. The van der Waals surface area contributed by atoms with Crippen LogP contribution in [0.3, 0.4) is 0 Å². The number of ketones is 1. The summed E-state index contributed by atoms with van der Waals surface area (Å²) in [7, 11) is 0. The monoisotopic (exact) mass is 237 g/mol. The Morgan fingerprint density at radius 1 is 0.944 bits per heavy atom. The molecule has 2 aromatic carbocycles. The molecule has 0 saturated carbocycles. The van der Waals surface area contributed by atoms with Gasteiger partial charge in [0, 0.05) is 5.56 Å². The third-order valence-electron chi connectivity index (χ3n) is 2.86. The molecule has 0 aliphatic carbocycles. The molecule has 3 rings (SSSR count). The molecule has 3 aromatic rings. The van der Waals surface area contributed by atoms with Crippen molar-refractivity contribution in [3.63, 3.8) is 0 Å². The van der Waals surface area contributed by atoms with E-state index in [1.165, 1.54) is 0 Å². The zero-order valence-electron chi connectivity index (χ0n) is 9.63. The van der Waals surface area contributed by atoms with Gasteiger partial charge in [-0.2, -0.15) is 0 Å². The van der Waals surface area contributed by atoms with Gasteiger partial charge in [0.05, 0.1) is 23.1 Å². The van der Waals surface area contributed by atoms with Crippen molar-refractivity contribution in [2.24, 2.45) is 5.73 Å². The molecule has 18 heavy (non-hydrogen) atoms. The minimum atomic E-state index is -0.120. The summed E-state index contributed by atoms with van der Waals surface area (Å²) in [5, 5.41) is 0. The van der Waals surface area contributed by atoms with Crippen molar-refractivity contribution in [3.8, 4) is 0 Å². The summed E-state index contributed by atoms with van der Waals surface area (Å²) in [6.45, 7) is -0.0202. The summed E-state index contributed by atoms with van der Waals surface area (Å²) in [6.07, 6.45) is 0. The Hall–Kier alpha value is -2.33. The first-order valence-corrected chi connectivity index (χ1v) is 5.68. The molecule has 1 heterocycles. The number of rotatable bonds is 2. The number of nitrogens with zero attached hydrogens (tertiary/aromatic N) is 2. The van der Waals surface area contributed by atoms with Crippen LogP contribution in [0.15, 0.2) is 42.5 Å². The molecule has 0 radical (unpaired) electrons. The number of Topliss-reactive ketones (excluding diaryl/α,β-unsaturated/α-hetero) is 1. The summed E-state index contributed by atoms with van der Waals surface area (Å²) in [4.78, 5) is 20.8. The fourth-order valence-corrected chi connectivity index (χ4v) is 1.98. The summed E-state index contributed by atoms with van der Waals surface area (Å²) < 4.78 is 0. The number of carbonyl (C=O) groups is 1. The van der Waals surface area contributed by atoms with Crippen molar-refractivity contribution in [1.29, 1.82) is 0 Å².